The van der Waals surface area contributed by atoms with Gasteiger partial charge in [0.05, 0.1) is 23.4 Å². The highest BCUT2D eigenvalue weighted by Gasteiger charge is 2.30. The van der Waals surface area contributed by atoms with Crippen LogP contribution in [0.2, 0.25) is 0 Å². The van der Waals surface area contributed by atoms with Crippen LogP contribution in [0.4, 0.5) is 0 Å². The van der Waals surface area contributed by atoms with E-state index in [0.717, 1.165) is 5.75 Å². The molecule has 1 aliphatic heterocycles. The second kappa shape index (κ2) is 5.26. The van der Waals surface area contributed by atoms with Crippen molar-refractivity contribution >= 4 is 9.84 Å². The molecule has 0 aliphatic carbocycles. The van der Waals surface area contributed by atoms with Gasteiger partial charge in [-0.15, -0.1) is 0 Å². The second-order valence-corrected chi connectivity index (χ2v) is 6.66. The fourth-order valence-corrected chi connectivity index (χ4v) is 3.27. The molecule has 1 atom stereocenters. The van der Waals surface area contributed by atoms with Gasteiger partial charge in [0.1, 0.15) is 11.5 Å². The van der Waals surface area contributed by atoms with Crippen molar-refractivity contribution in [1.82, 2.24) is 0 Å². The van der Waals surface area contributed by atoms with Crippen molar-refractivity contribution in [3.8, 4) is 11.5 Å². The van der Waals surface area contributed by atoms with Crippen molar-refractivity contribution in [3.05, 3.63) is 54.6 Å². The Kier molecular flexibility index (Phi) is 3.46. The van der Waals surface area contributed by atoms with Gasteiger partial charge in [0, 0.05) is 0 Å². The molecule has 2 aromatic carbocycles. The lowest BCUT2D eigenvalue weighted by Crippen LogP contribution is -2.11. The maximum absolute atomic E-state index is 12.0. The zero-order valence-electron chi connectivity index (χ0n) is 10.7. The molecule has 4 nitrogen and oxygen atoms in total. The van der Waals surface area contributed by atoms with E-state index in [4.69, 9.17) is 9.47 Å². The molecule has 2 aromatic rings. The number of para-hydroxylation sites is 1. The molecule has 0 N–H and O–H groups in total. The summed E-state index contributed by atoms with van der Waals surface area (Å²) in [4.78, 5) is 0.299. The van der Waals surface area contributed by atoms with Crippen LogP contribution >= 0.6 is 0 Å². The minimum atomic E-state index is -3.27. The molecule has 104 valence electrons. The Balaban J connectivity index is 1.74. The predicted octanol–water partition coefficient (Wildman–Crippen LogP) is 2.65. The van der Waals surface area contributed by atoms with Gasteiger partial charge in [0.25, 0.3) is 0 Å². The molecule has 0 aromatic heterocycles. The van der Waals surface area contributed by atoms with Gasteiger partial charge in [0.15, 0.2) is 9.84 Å². The Bertz CT molecular complexity index is 674. The van der Waals surface area contributed by atoms with Crippen molar-refractivity contribution in [3.63, 3.8) is 0 Å². The minimum Gasteiger partial charge on any atom is -0.457 e. The summed E-state index contributed by atoms with van der Waals surface area (Å²) in [5.41, 5.74) is 0. The summed E-state index contributed by atoms with van der Waals surface area (Å²) < 4.78 is 34.6. The van der Waals surface area contributed by atoms with E-state index in [1.54, 1.807) is 24.3 Å². The first-order chi connectivity index (χ1) is 9.63. The molecule has 0 spiro atoms. The van der Waals surface area contributed by atoms with E-state index in [1.807, 2.05) is 30.3 Å². The lowest BCUT2D eigenvalue weighted by atomic mass is 10.3. The smallest absolute Gasteiger partial charge is 0.181 e. The fraction of sp³-hybridized carbons (Fsp3) is 0.200. The average molecular weight is 290 g/mol. The molecule has 0 bridgehead atoms. The molecular weight excluding hydrogens is 276 g/mol. The third-order valence-electron chi connectivity index (χ3n) is 2.97. The molecule has 1 aliphatic rings. The van der Waals surface area contributed by atoms with E-state index in [0.29, 0.717) is 17.3 Å². The predicted molar refractivity (Wildman–Crippen MR) is 74.8 cm³/mol. The Morgan fingerprint density at radius 2 is 1.60 bits per heavy atom. The maximum Gasteiger partial charge on any atom is 0.181 e. The highest BCUT2D eigenvalue weighted by atomic mass is 32.2. The van der Waals surface area contributed by atoms with Gasteiger partial charge in [-0.25, -0.2) is 8.42 Å². The summed E-state index contributed by atoms with van der Waals surface area (Å²) in [6.45, 7) is 0.536. The number of rotatable bonds is 5. The average Bonchev–Trinajstić information content (AvgIpc) is 3.24. The highest BCUT2D eigenvalue weighted by molar-refractivity contribution is 7.91. The Morgan fingerprint density at radius 3 is 2.20 bits per heavy atom. The van der Waals surface area contributed by atoms with Crippen LogP contribution in [0, 0.1) is 0 Å². The molecule has 0 amide bonds. The van der Waals surface area contributed by atoms with E-state index in [2.05, 4.69) is 0 Å². The molecule has 0 radical (unpaired) electrons. The summed E-state index contributed by atoms with van der Waals surface area (Å²) in [6, 6.07) is 15.8. The third-order valence-corrected chi connectivity index (χ3v) is 4.77. The van der Waals surface area contributed by atoms with Crippen LogP contribution < -0.4 is 4.74 Å². The van der Waals surface area contributed by atoms with Gasteiger partial charge in [0.2, 0.25) is 0 Å². The van der Waals surface area contributed by atoms with Gasteiger partial charge in [-0.05, 0) is 36.4 Å². The number of epoxide rings is 1. The molecule has 1 saturated heterocycles. The Labute approximate surface area is 117 Å². The first-order valence-corrected chi connectivity index (χ1v) is 7.96. The standard InChI is InChI=1S/C15H14O4S/c16-20(17,11-14-10-18-14)15-8-6-13(7-9-15)19-12-4-2-1-3-5-12/h1-9,14H,10-11H2. The molecule has 1 unspecified atom stereocenters. The Morgan fingerprint density at radius 1 is 1.00 bits per heavy atom. The number of ether oxygens (including phenoxy) is 2. The van der Waals surface area contributed by atoms with Gasteiger partial charge in [-0.2, -0.15) is 0 Å². The molecule has 20 heavy (non-hydrogen) atoms. The van der Waals surface area contributed by atoms with E-state index in [1.165, 1.54) is 0 Å². The molecular formula is C15H14O4S. The lowest BCUT2D eigenvalue weighted by molar-refractivity contribution is 0.422. The van der Waals surface area contributed by atoms with Crippen LogP contribution in [-0.4, -0.2) is 26.9 Å². The molecule has 1 fully saturated rings. The first kappa shape index (κ1) is 13.1. The molecule has 1 heterocycles. The molecule has 5 heteroatoms. The van der Waals surface area contributed by atoms with Gasteiger partial charge < -0.3 is 9.47 Å². The minimum absolute atomic E-state index is 0.0475. The van der Waals surface area contributed by atoms with Crippen LogP contribution in [0.3, 0.4) is 0 Å². The molecule has 0 saturated carbocycles. The van der Waals surface area contributed by atoms with Crippen molar-refractivity contribution in [2.75, 3.05) is 12.4 Å². The van der Waals surface area contributed by atoms with Gasteiger partial charge in [-0.3, -0.25) is 0 Å². The second-order valence-electron chi connectivity index (χ2n) is 4.62. The van der Waals surface area contributed by atoms with Gasteiger partial charge >= 0.3 is 0 Å². The van der Waals surface area contributed by atoms with Crippen molar-refractivity contribution in [2.24, 2.45) is 0 Å². The van der Waals surface area contributed by atoms with E-state index in [9.17, 15) is 8.42 Å². The quantitative estimate of drug-likeness (QED) is 0.794. The monoisotopic (exact) mass is 290 g/mol. The van der Waals surface area contributed by atoms with E-state index in [-0.39, 0.29) is 11.9 Å². The highest BCUT2D eigenvalue weighted by Crippen LogP contribution is 2.24. The van der Waals surface area contributed by atoms with Crippen molar-refractivity contribution in [1.29, 1.82) is 0 Å². The number of hydrogen-bond donors (Lipinski definition) is 0. The third kappa shape index (κ3) is 3.18. The summed E-state index contributed by atoms with van der Waals surface area (Å²) >= 11 is 0. The maximum atomic E-state index is 12.0. The van der Waals surface area contributed by atoms with Crippen LogP contribution in [0.15, 0.2) is 59.5 Å². The Hall–Kier alpha value is -1.85. The van der Waals surface area contributed by atoms with Crippen LogP contribution in [0.1, 0.15) is 0 Å². The summed E-state index contributed by atoms with van der Waals surface area (Å²) in [5.74, 6) is 1.37. The van der Waals surface area contributed by atoms with E-state index >= 15 is 0 Å². The summed E-state index contributed by atoms with van der Waals surface area (Å²) in [6.07, 6.45) is -0.139. The van der Waals surface area contributed by atoms with Crippen molar-refractivity contribution < 1.29 is 17.9 Å². The SMILES string of the molecule is O=S(=O)(CC1CO1)c1ccc(Oc2ccccc2)cc1. The topological polar surface area (TPSA) is 55.9 Å². The largest absolute Gasteiger partial charge is 0.457 e. The summed E-state index contributed by atoms with van der Waals surface area (Å²) in [7, 11) is -3.27. The number of hydrogen-bond acceptors (Lipinski definition) is 4. The van der Waals surface area contributed by atoms with Gasteiger partial charge in [-0.1, -0.05) is 18.2 Å². The van der Waals surface area contributed by atoms with Crippen LogP contribution in [-0.2, 0) is 14.6 Å². The fourth-order valence-electron chi connectivity index (χ4n) is 1.84. The molecule has 3 rings (SSSR count). The van der Waals surface area contributed by atoms with Crippen molar-refractivity contribution in [2.45, 2.75) is 11.0 Å². The van der Waals surface area contributed by atoms with Crippen LogP contribution in [0.25, 0.3) is 0 Å². The lowest BCUT2D eigenvalue weighted by Gasteiger charge is -2.07. The number of benzene rings is 2. The zero-order valence-corrected chi connectivity index (χ0v) is 11.5. The first-order valence-electron chi connectivity index (χ1n) is 6.31. The van der Waals surface area contributed by atoms with E-state index < -0.39 is 9.84 Å². The number of sulfone groups is 1. The summed E-state index contributed by atoms with van der Waals surface area (Å²) in [5, 5.41) is 0. The zero-order chi connectivity index (χ0) is 14.0. The van der Waals surface area contributed by atoms with Crippen LogP contribution in [0.5, 0.6) is 11.5 Å². The normalized spacial score (nSPS) is 17.7.